The molecule has 0 bridgehead atoms. The van der Waals surface area contributed by atoms with E-state index in [2.05, 4.69) is 9.88 Å². The average Bonchev–Trinajstić information content (AvgIpc) is 3.22. The Bertz CT molecular complexity index is 1510. The minimum atomic E-state index is -0.586. The third-order valence-electron chi connectivity index (χ3n) is 6.41. The summed E-state index contributed by atoms with van der Waals surface area (Å²) in [6.07, 6.45) is 1.52. The standard InChI is InChI=1S/C25H23N5O7/c31-25(37-12-9-27-7-10-36-11-8-27)21-14-20-19-3-1-2-4-23(19)28(24(20)15-26-21)16-17-13-18(29(32)33)5-6-22(17)30(34)35/h1-6,13-15H,7-12,16H2. The normalized spacial score (nSPS) is 14.2. The van der Waals surface area contributed by atoms with Crippen molar-refractivity contribution in [3.8, 4) is 0 Å². The van der Waals surface area contributed by atoms with Gasteiger partial charge in [-0.2, -0.15) is 0 Å². The Kier molecular flexibility index (Phi) is 6.75. The highest BCUT2D eigenvalue weighted by Gasteiger charge is 2.22. The van der Waals surface area contributed by atoms with Crippen LogP contribution >= 0.6 is 0 Å². The van der Waals surface area contributed by atoms with Crippen molar-refractivity contribution in [3.05, 3.63) is 86.2 Å². The summed E-state index contributed by atoms with van der Waals surface area (Å²) in [6, 6.07) is 12.5. The maximum absolute atomic E-state index is 12.7. The third-order valence-corrected chi connectivity index (χ3v) is 6.41. The first-order valence-corrected chi connectivity index (χ1v) is 11.7. The fourth-order valence-electron chi connectivity index (χ4n) is 4.55. The Morgan fingerprint density at radius 1 is 1.00 bits per heavy atom. The second kappa shape index (κ2) is 10.3. The van der Waals surface area contributed by atoms with E-state index in [0.29, 0.717) is 25.3 Å². The maximum atomic E-state index is 12.7. The van der Waals surface area contributed by atoms with Gasteiger partial charge >= 0.3 is 5.97 Å². The molecule has 2 aromatic heterocycles. The first-order valence-electron chi connectivity index (χ1n) is 11.7. The maximum Gasteiger partial charge on any atom is 0.356 e. The van der Waals surface area contributed by atoms with Crippen LogP contribution in [0.3, 0.4) is 0 Å². The molecule has 0 atom stereocenters. The molecule has 1 aliphatic rings. The molecule has 0 spiro atoms. The van der Waals surface area contributed by atoms with Gasteiger partial charge in [-0.15, -0.1) is 0 Å². The number of rotatable bonds is 8. The summed E-state index contributed by atoms with van der Waals surface area (Å²) in [6.45, 7) is 3.77. The van der Waals surface area contributed by atoms with Crippen molar-refractivity contribution in [2.45, 2.75) is 6.54 Å². The van der Waals surface area contributed by atoms with E-state index in [0.717, 1.165) is 41.5 Å². The van der Waals surface area contributed by atoms with Crippen molar-refractivity contribution in [1.82, 2.24) is 14.5 Å². The van der Waals surface area contributed by atoms with Crippen LogP contribution in [0.1, 0.15) is 16.1 Å². The molecule has 3 heterocycles. The van der Waals surface area contributed by atoms with Gasteiger partial charge in [0.1, 0.15) is 12.3 Å². The number of aromatic nitrogens is 2. The molecule has 0 radical (unpaired) electrons. The van der Waals surface area contributed by atoms with Crippen molar-refractivity contribution in [3.63, 3.8) is 0 Å². The number of non-ortho nitro benzene ring substituents is 1. The molecule has 2 aromatic carbocycles. The Morgan fingerprint density at radius 3 is 2.54 bits per heavy atom. The average molecular weight is 505 g/mol. The molecule has 12 heteroatoms. The molecule has 1 fully saturated rings. The molecule has 0 N–H and O–H groups in total. The summed E-state index contributed by atoms with van der Waals surface area (Å²) < 4.78 is 12.6. The number of nitrogens with zero attached hydrogens (tertiary/aromatic N) is 5. The number of carbonyl (C=O) groups excluding carboxylic acids is 1. The molecular formula is C25H23N5O7. The van der Waals surface area contributed by atoms with Crippen LogP contribution in [0, 0.1) is 20.2 Å². The van der Waals surface area contributed by atoms with E-state index in [1.807, 2.05) is 24.3 Å². The number of fused-ring (bicyclic) bond motifs is 3. The number of ether oxygens (including phenoxy) is 2. The summed E-state index contributed by atoms with van der Waals surface area (Å²) in [7, 11) is 0. The zero-order valence-electron chi connectivity index (χ0n) is 19.7. The molecular weight excluding hydrogens is 482 g/mol. The number of hydrogen-bond donors (Lipinski definition) is 0. The molecule has 0 aliphatic carbocycles. The number of esters is 1. The van der Waals surface area contributed by atoms with E-state index in [9.17, 15) is 25.0 Å². The van der Waals surface area contributed by atoms with Crippen LogP contribution in [0.2, 0.25) is 0 Å². The van der Waals surface area contributed by atoms with Crippen LogP contribution in [0.25, 0.3) is 21.8 Å². The molecule has 0 unspecified atom stereocenters. The molecule has 5 rings (SSSR count). The van der Waals surface area contributed by atoms with E-state index in [1.54, 1.807) is 10.6 Å². The zero-order valence-corrected chi connectivity index (χ0v) is 19.7. The van der Waals surface area contributed by atoms with E-state index in [1.165, 1.54) is 12.3 Å². The number of morpholine rings is 1. The van der Waals surface area contributed by atoms with Gasteiger partial charge in [-0.05, 0) is 12.1 Å². The number of nitro groups is 2. The predicted octanol–water partition coefficient (Wildman–Crippen LogP) is 3.54. The monoisotopic (exact) mass is 505 g/mol. The number of para-hydroxylation sites is 1. The fourth-order valence-corrected chi connectivity index (χ4v) is 4.55. The summed E-state index contributed by atoms with van der Waals surface area (Å²) in [5.41, 5.74) is 1.27. The van der Waals surface area contributed by atoms with Crippen LogP contribution < -0.4 is 0 Å². The van der Waals surface area contributed by atoms with Gasteiger partial charge in [0.15, 0.2) is 0 Å². The summed E-state index contributed by atoms with van der Waals surface area (Å²) in [4.78, 5) is 40.9. The van der Waals surface area contributed by atoms with Crippen molar-refractivity contribution in [2.75, 3.05) is 39.5 Å². The van der Waals surface area contributed by atoms with Crippen molar-refractivity contribution in [1.29, 1.82) is 0 Å². The first kappa shape index (κ1) is 24.3. The first-order chi connectivity index (χ1) is 17.9. The van der Waals surface area contributed by atoms with Crippen LogP contribution in [-0.2, 0) is 16.0 Å². The quantitative estimate of drug-likeness (QED) is 0.199. The van der Waals surface area contributed by atoms with E-state index < -0.39 is 15.8 Å². The van der Waals surface area contributed by atoms with Crippen LogP contribution in [-0.4, -0.2) is 69.7 Å². The van der Waals surface area contributed by atoms with Gasteiger partial charge in [-0.25, -0.2) is 9.78 Å². The smallest absolute Gasteiger partial charge is 0.356 e. The summed E-state index contributed by atoms with van der Waals surface area (Å²) in [5, 5.41) is 24.4. The lowest BCUT2D eigenvalue weighted by atomic mass is 10.1. The number of carbonyl (C=O) groups is 1. The van der Waals surface area contributed by atoms with Gasteiger partial charge < -0.3 is 14.0 Å². The summed E-state index contributed by atoms with van der Waals surface area (Å²) in [5.74, 6) is -0.540. The second-order valence-electron chi connectivity index (χ2n) is 8.61. The minimum absolute atomic E-state index is 0.00697. The largest absolute Gasteiger partial charge is 0.460 e. The topological polar surface area (TPSA) is 143 Å². The lowest BCUT2D eigenvalue weighted by Gasteiger charge is -2.26. The SMILES string of the molecule is O=C(OCCN1CCOCC1)c1cc2c3ccccc3n(Cc3cc([N+](=O)[O-])ccc3[N+](=O)[O-])c2cn1. The van der Waals surface area contributed by atoms with Gasteiger partial charge in [0, 0.05) is 54.1 Å². The highest BCUT2D eigenvalue weighted by atomic mass is 16.6. The minimum Gasteiger partial charge on any atom is -0.460 e. The van der Waals surface area contributed by atoms with Gasteiger partial charge in [0.25, 0.3) is 11.4 Å². The molecule has 4 aromatic rings. The van der Waals surface area contributed by atoms with Crippen molar-refractivity contribution < 1.29 is 24.1 Å². The van der Waals surface area contributed by atoms with Crippen LogP contribution in [0.4, 0.5) is 11.4 Å². The second-order valence-corrected chi connectivity index (χ2v) is 8.61. The molecule has 190 valence electrons. The molecule has 1 aliphatic heterocycles. The number of hydrogen-bond acceptors (Lipinski definition) is 9. The highest BCUT2D eigenvalue weighted by molar-refractivity contribution is 6.09. The molecule has 1 saturated heterocycles. The lowest BCUT2D eigenvalue weighted by Crippen LogP contribution is -2.38. The molecule has 0 amide bonds. The Labute approximate surface area is 210 Å². The fraction of sp³-hybridized carbons (Fsp3) is 0.280. The zero-order chi connectivity index (χ0) is 25.9. The van der Waals surface area contributed by atoms with Gasteiger partial charge in [0.05, 0.1) is 46.9 Å². The number of nitro benzene ring substituents is 2. The van der Waals surface area contributed by atoms with Gasteiger partial charge in [-0.1, -0.05) is 18.2 Å². The summed E-state index contributed by atoms with van der Waals surface area (Å²) >= 11 is 0. The van der Waals surface area contributed by atoms with Gasteiger partial charge in [-0.3, -0.25) is 25.1 Å². The van der Waals surface area contributed by atoms with E-state index in [4.69, 9.17) is 9.47 Å². The lowest BCUT2D eigenvalue weighted by molar-refractivity contribution is -0.389. The Balaban J connectivity index is 1.47. The van der Waals surface area contributed by atoms with Crippen LogP contribution in [0.15, 0.2) is 54.7 Å². The van der Waals surface area contributed by atoms with Gasteiger partial charge in [0.2, 0.25) is 0 Å². The predicted molar refractivity (Wildman–Crippen MR) is 134 cm³/mol. The molecule has 37 heavy (non-hydrogen) atoms. The Morgan fingerprint density at radius 2 is 1.78 bits per heavy atom. The van der Waals surface area contributed by atoms with E-state index >= 15 is 0 Å². The highest BCUT2D eigenvalue weighted by Crippen LogP contribution is 2.32. The molecule has 0 saturated carbocycles. The van der Waals surface area contributed by atoms with Crippen LogP contribution in [0.5, 0.6) is 0 Å². The Hall–Kier alpha value is -4.42. The van der Waals surface area contributed by atoms with Crippen molar-refractivity contribution in [2.24, 2.45) is 0 Å². The molecule has 12 nitrogen and oxygen atoms in total. The third kappa shape index (κ3) is 4.97. The number of benzene rings is 2. The van der Waals surface area contributed by atoms with E-state index in [-0.39, 0.29) is 35.8 Å². The van der Waals surface area contributed by atoms with Crippen molar-refractivity contribution >= 4 is 39.1 Å². The number of pyridine rings is 1.